The maximum absolute atomic E-state index is 4.28. The highest BCUT2D eigenvalue weighted by molar-refractivity contribution is 5.41. The van der Waals surface area contributed by atoms with Gasteiger partial charge in [-0.3, -0.25) is 0 Å². The minimum absolute atomic E-state index is 0.314. The van der Waals surface area contributed by atoms with E-state index in [4.69, 9.17) is 0 Å². The SMILES string of the molecule is C=CNC(=C)C1CCCC2(C)c3cc(C)ccc3CCC12. The summed E-state index contributed by atoms with van der Waals surface area (Å²) in [6.07, 6.45) is 8.15. The van der Waals surface area contributed by atoms with Crippen LogP contribution in [0.25, 0.3) is 0 Å². The van der Waals surface area contributed by atoms with Gasteiger partial charge in [0.2, 0.25) is 0 Å². The van der Waals surface area contributed by atoms with Crippen molar-refractivity contribution in [3.05, 3.63) is 59.9 Å². The first-order chi connectivity index (χ1) is 10.1. The van der Waals surface area contributed by atoms with Crippen molar-refractivity contribution < 1.29 is 0 Å². The zero-order valence-corrected chi connectivity index (χ0v) is 13.4. The smallest absolute Gasteiger partial charge is 0.0108 e. The summed E-state index contributed by atoms with van der Waals surface area (Å²) in [6, 6.07) is 7.06. The molecule has 21 heavy (non-hydrogen) atoms. The van der Waals surface area contributed by atoms with Crippen molar-refractivity contribution in [1.29, 1.82) is 0 Å². The molecule has 112 valence electrons. The first-order valence-electron chi connectivity index (χ1n) is 8.22. The van der Waals surface area contributed by atoms with Crippen molar-refractivity contribution in [3.63, 3.8) is 0 Å². The number of hydrogen-bond donors (Lipinski definition) is 1. The average molecular weight is 281 g/mol. The third-order valence-corrected chi connectivity index (χ3v) is 5.86. The lowest BCUT2D eigenvalue weighted by Crippen LogP contribution is -2.45. The molecule has 2 aliphatic rings. The molecule has 1 N–H and O–H groups in total. The Balaban J connectivity index is 2.00. The van der Waals surface area contributed by atoms with Gasteiger partial charge in [0.15, 0.2) is 0 Å². The van der Waals surface area contributed by atoms with E-state index in [9.17, 15) is 0 Å². The van der Waals surface area contributed by atoms with E-state index in [1.165, 1.54) is 37.7 Å². The summed E-state index contributed by atoms with van der Waals surface area (Å²) in [5.41, 5.74) is 6.05. The predicted molar refractivity (Wildman–Crippen MR) is 90.2 cm³/mol. The van der Waals surface area contributed by atoms with E-state index in [1.807, 2.05) is 0 Å². The predicted octanol–water partition coefficient (Wildman–Crippen LogP) is 4.86. The van der Waals surface area contributed by atoms with Crippen molar-refractivity contribution in [3.8, 4) is 0 Å². The van der Waals surface area contributed by atoms with Gasteiger partial charge in [0, 0.05) is 11.6 Å². The molecule has 0 radical (unpaired) electrons. The summed E-state index contributed by atoms with van der Waals surface area (Å²) in [4.78, 5) is 0. The van der Waals surface area contributed by atoms with Crippen LogP contribution in [0.2, 0.25) is 0 Å². The fourth-order valence-corrected chi connectivity index (χ4v) is 4.78. The van der Waals surface area contributed by atoms with Crippen molar-refractivity contribution in [2.75, 3.05) is 0 Å². The monoisotopic (exact) mass is 281 g/mol. The van der Waals surface area contributed by atoms with Gasteiger partial charge in [-0.15, -0.1) is 0 Å². The number of allylic oxidation sites excluding steroid dienone is 1. The topological polar surface area (TPSA) is 12.0 Å². The average Bonchev–Trinajstić information content (AvgIpc) is 2.46. The Hall–Kier alpha value is -1.50. The van der Waals surface area contributed by atoms with Crippen molar-refractivity contribution in [2.45, 2.75) is 51.4 Å². The fraction of sp³-hybridized carbons (Fsp3) is 0.500. The molecular formula is C20H27N. The largest absolute Gasteiger partial charge is 0.366 e. The van der Waals surface area contributed by atoms with Crippen molar-refractivity contribution in [2.24, 2.45) is 11.8 Å². The van der Waals surface area contributed by atoms with Crippen LogP contribution in [0, 0.1) is 18.8 Å². The van der Waals surface area contributed by atoms with Crippen LogP contribution in [0.3, 0.4) is 0 Å². The minimum Gasteiger partial charge on any atom is -0.366 e. The van der Waals surface area contributed by atoms with Gasteiger partial charge >= 0.3 is 0 Å². The highest BCUT2D eigenvalue weighted by Gasteiger charge is 2.46. The van der Waals surface area contributed by atoms with Crippen LogP contribution in [0.5, 0.6) is 0 Å². The molecule has 0 aliphatic heterocycles. The molecule has 1 fully saturated rings. The minimum atomic E-state index is 0.314. The number of benzene rings is 1. The summed E-state index contributed by atoms with van der Waals surface area (Å²) in [7, 11) is 0. The molecule has 1 heteroatoms. The van der Waals surface area contributed by atoms with Gasteiger partial charge < -0.3 is 5.32 Å². The van der Waals surface area contributed by atoms with Gasteiger partial charge in [0.05, 0.1) is 0 Å². The van der Waals surface area contributed by atoms with Crippen LogP contribution in [0.4, 0.5) is 0 Å². The second kappa shape index (κ2) is 5.36. The molecule has 3 unspecified atom stereocenters. The Morgan fingerprint density at radius 1 is 1.38 bits per heavy atom. The summed E-state index contributed by atoms with van der Waals surface area (Å²) < 4.78 is 0. The molecule has 1 nitrogen and oxygen atoms in total. The van der Waals surface area contributed by atoms with E-state index >= 15 is 0 Å². The second-order valence-corrected chi connectivity index (χ2v) is 7.10. The molecule has 1 saturated carbocycles. The van der Waals surface area contributed by atoms with Crippen LogP contribution in [0.1, 0.15) is 49.3 Å². The molecule has 1 aromatic rings. The van der Waals surface area contributed by atoms with Gasteiger partial charge in [-0.25, -0.2) is 0 Å². The maximum Gasteiger partial charge on any atom is 0.0108 e. The zero-order valence-electron chi connectivity index (χ0n) is 13.4. The van der Waals surface area contributed by atoms with Crippen molar-refractivity contribution >= 4 is 0 Å². The second-order valence-electron chi connectivity index (χ2n) is 7.10. The summed E-state index contributed by atoms with van der Waals surface area (Å²) in [5.74, 6) is 1.29. The standard InChI is InChI=1S/C20H27N/c1-5-21-15(3)17-7-6-12-20(4)18(17)11-10-16-9-8-14(2)13-19(16)20/h5,8-9,13,17-18,21H,1,3,6-7,10-12H2,2,4H3. The first kappa shape index (κ1) is 14.4. The lowest BCUT2D eigenvalue weighted by Gasteiger charge is -2.51. The number of fused-ring (bicyclic) bond motifs is 3. The Kier molecular flexibility index (Phi) is 3.69. The fourth-order valence-electron chi connectivity index (χ4n) is 4.78. The molecule has 0 heterocycles. The van der Waals surface area contributed by atoms with Gasteiger partial charge in [-0.1, -0.05) is 50.3 Å². The van der Waals surface area contributed by atoms with Crippen LogP contribution >= 0.6 is 0 Å². The van der Waals surface area contributed by atoms with E-state index < -0.39 is 0 Å². The molecule has 0 amide bonds. The molecule has 3 rings (SSSR count). The molecule has 3 atom stereocenters. The number of hydrogen-bond acceptors (Lipinski definition) is 1. The van der Waals surface area contributed by atoms with E-state index in [0.717, 1.165) is 5.70 Å². The highest BCUT2D eigenvalue weighted by Crippen LogP contribution is 2.53. The number of rotatable bonds is 3. The lowest BCUT2D eigenvalue weighted by molar-refractivity contribution is 0.124. The molecular weight excluding hydrogens is 254 g/mol. The molecule has 0 saturated heterocycles. The normalized spacial score (nSPS) is 31.0. The Bertz CT molecular complexity index is 571. The van der Waals surface area contributed by atoms with E-state index in [0.29, 0.717) is 17.3 Å². The van der Waals surface area contributed by atoms with E-state index in [-0.39, 0.29) is 0 Å². The lowest BCUT2D eigenvalue weighted by atomic mass is 9.54. The highest BCUT2D eigenvalue weighted by atomic mass is 14.9. The molecule has 0 bridgehead atoms. The molecule has 2 aliphatic carbocycles. The molecule has 1 aromatic carbocycles. The summed E-state index contributed by atoms with van der Waals surface area (Å²) in [6.45, 7) is 12.8. The zero-order chi connectivity index (χ0) is 15.0. The Morgan fingerprint density at radius 3 is 2.95 bits per heavy atom. The van der Waals surface area contributed by atoms with E-state index in [1.54, 1.807) is 17.3 Å². The molecule has 0 spiro atoms. The van der Waals surface area contributed by atoms with Crippen LogP contribution in [-0.4, -0.2) is 0 Å². The third-order valence-electron chi connectivity index (χ3n) is 5.86. The van der Waals surface area contributed by atoms with Crippen LogP contribution < -0.4 is 5.32 Å². The third kappa shape index (κ3) is 2.33. The van der Waals surface area contributed by atoms with Gasteiger partial charge in [-0.05, 0) is 61.3 Å². The van der Waals surface area contributed by atoms with Gasteiger partial charge in [-0.2, -0.15) is 0 Å². The number of nitrogens with one attached hydrogen (secondary N) is 1. The van der Waals surface area contributed by atoms with Crippen LogP contribution in [0.15, 0.2) is 43.3 Å². The summed E-state index contributed by atoms with van der Waals surface area (Å²) in [5, 5.41) is 3.27. The van der Waals surface area contributed by atoms with Gasteiger partial charge in [0.25, 0.3) is 0 Å². The van der Waals surface area contributed by atoms with Crippen LogP contribution in [-0.2, 0) is 11.8 Å². The number of aryl methyl sites for hydroxylation is 2. The first-order valence-corrected chi connectivity index (χ1v) is 8.22. The maximum atomic E-state index is 4.28. The quantitative estimate of drug-likeness (QED) is 0.834. The summed E-state index contributed by atoms with van der Waals surface area (Å²) >= 11 is 0. The van der Waals surface area contributed by atoms with E-state index in [2.05, 4.69) is 50.5 Å². The Labute approximate surface area is 129 Å². The molecule has 0 aromatic heterocycles. The Morgan fingerprint density at radius 2 is 2.19 bits per heavy atom. The van der Waals surface area contributed by atoms with Gasteiger partial charge in [0.1, 0.15) is 0 Å². The van der Waals surface area contributed by atoms with Crippen molar-refractivity contribution in [1.82, 2.24) is 5.32 Å².